The number of benzene rings is 2. The molecule has 0 saturated heterocycles. The largest absolute Gasteiger partial charge is 0.378 e. The van der Waals surface area contributed by atoms with Crippen LogP contribution < -0.4 is 15.5 Å². The molecule has 2 N–H and O–H groups in total. The minimum absolute atomic E-state index is 0.234. The van der Waals surface area contributed by atoms with E-state index in [0.717, 1.165) is 16.9 Å². The number of aromatic nitrogens is 2. The van der Waals surface area contributed by atoms with Crippen LogP contribution in [0.3, 0.4) is 0 Å². The summed E-state index contributed by atoms with van der Waals surface area (Å²) in [6.07, 6.45) is 1.57. The zero-order valence-electron chi connectivity index (χ0n) is 14.8. The van der Waals surface area contributed by atoms with Crippen LogP contribution in [-0.2, 0) is 6.54 Å². The Bertz CT molecular complexity index is 863. The van der Waals surface area contributed by atoms with Gasteiger partial charge in [0.2, 0.25) is 5.95 Å². The lowest BCUT2D eigenvalue weighted by Gasteiger charge is -2.13. The van der Waals surface area contributed by atoms with Crippen LogP contribution in [-0.4, -0.2) is 30.0 Å². The third-order valence-corrected chi connectivity index (χ3v) is 3.82. The second-order valence-corrected chi connectivity index (χ2v) is 6.00. The zero-order valence-corrected chi connectivity index (χ0v) is 14.8. The molecule has 2 aromatic carbocycles. The molecule has 0 aliphatic carbocycles. The molecule has 0 unspecified atom stereocenters. The maximum Gasteiger partial charge on any atom is 0.270 e. The van der Waals surface area contributed by atoms with Gasteiger partial charge in [-0.2, -0.15) is 0 Å². The Kier molecular flexibility index (Phi) is 5.43. The summed E-state index contributed by atoms with van der Waals surface area (Å²) >= 11 is 0. The van der Waals surface area contributed by atoms with Crippen LogP contribution in [0.5, 0.6) is 0 Å². The van der Waals surface area contributed by atoms with Gasteiger partial charge >= 0.3 is 0 Å². The van der Waals surface area contributed by atoms with Crippen LogP contribution in [0.15, 0.2) is 66.9 Å². The average Bonchev–Trinajstić information content (AvgIpc) is 2.67. The highest BCUT2D eigenvalue weighted by Crippen LogP contribution is 2.18. The summed E-state index contributed by atoms with van der Waals surface area (Å²) in [4.78, 5) is 22.8. The van der Waals surface area contributed by atoms with E-state index < -0.39 is 0 Å². The quantitative estimate of drug-likeness (QED) is 0.716. The molecule has 1 aromatic heterocycles. The zero-order chi connectivity index (χ0) is 18.4. The van der Waals surface area contributed by atoms with Crippen LogP contribution in [0, 0.1) is 0 Å². The molecular formula is C20H21N5O. The molecule has 0 aliphatic rings. The average molecular weight is 347 g/mol. The van der Waals surface area contributed by atoms with Crippen LogP contribution in [0.1, 0.15) is 16.1 Å². The van der Waals surface area contributed by atoms with Gasteiger partial charge in [0.25, 0.3) is 5.91 Å². The van der Waals surface area contributed by atoms with Gasteiger partial charge in [-0.25, -0.2) is 9.97 Å². The molecule has 0 radical (unpaired) electrons. The van der Waals surface area contributed by atoms with Crippen molar-refractivity contribution in [2.45, 2.75) is 6.54 Å². The van der Waals surface area contributed by atoms with Gasteiger partial charge in [-0.3, -0.25) is 4.79 Å². The van der Waals surface area contributed by atoms with Crippen LogP contribution in [0.2, 0.25) is 0 Å². The third kappa shape index (κ3) is 4.57. The molecule has 3 rings (SSSR count). The van der Waals surface area contributed by atoms with Crippen LogP contribution >= 0.6 is 0 Å². The Morgan fingerprint density at radius 2 is 1.73 bits per heavy atom. The maximum atomic E-state index is 12.3. The van der Waals surface area contributed by atoms with Gasteiger partial charge in [-0.15, -0.1) is 0 Å². The number of carbonyl (C=O) groups excluding carboxylic acids is 1. The highest BCUT2D eigenvalue weighted by atomic mass is 16.1. The highest BCUT2D eigenvalue weighted by molar-refractivity contribution is 5.92. The van der Waals surface area contributed by atoms with Crippen molar-refractivity contribution >= 4 is 23.2 Å². The van der Waals surface area contributed by atoms with Crippen molar-refractivity contribution in [2.75, 3.05) is 24.3 Å². The summed E-state index contributed by atoms with van der Waals surface area (Å²) in [7, 11) is 3.98. The van der Waals surface area contributed by atoms with Gasteiger partial charge in [0, 0.05) is 38.2 Å². The number of nitrogens with one attached hydrogen (secondary N) is 2. The van der Waals surface area contributed by atoms with Gasteiger partial charge in [-0.1, -0.05) is 30.3 Å². The smallest absolute Gasteiger partial charge is 0.270 e. The number of hydrogen-bond acceptors (Lipinski definition) is 5. The number of nitrogens with zero attached hydrogens (tertiary/aromatic N) is 3. The van der Waals surface area contributed by atoms with Gasteiger partial charge in [0.1, 0.15) is 5.69 Å². The van der Waals surface area contributed by atoms with Crippen molar-refractivity contribution in [3.63, 3.8) is 0 Å². The van der Waals surface area contributed by atoms with E-state index in [0.29, 0.717) is 18.2 Å². The first kappa shape index (κ1) is 17.4. The second kappa shape index (κ2) is 8.11. The van der Waals surface area contributed by atoms with Gasteiger partial charge in [0.15, 0.2) is 0 Å². The van der Waals surface area contributed by atoms with E-state index in [1.54, 1.807) is 12.3 Å². The summed E-state index contributed by atoms with van der Waals surface area (Å²) < 4.78 is 0. The Morgan fingerprint density at radius 1 is 1.00 bits per heavy atom. The van der Waals surface area contributed by atoms with Crippen molar-refractivity contribution in [3.8, 4) is 0 Å². The van der Waals surface area contributed by atoms with E-state index in [9.17, 15) is 4.79 Å². The number of amides is 1. The van der Waals surface area contributed by atoms with Gasteiger partial charge in [0.05, 0.1) is 0 Å². The van der Waals surface area contributed by atoms with Crippen molar-refractivity contribution in [1.29, 1.82) is 0 Å². The fourth-order valence-corrected chi connectivity index (χ4v) is 2.39. The van der Waals surface area contributed by atoms with Crippen LogP contribution in [0.4, 0.5) is 17.3 Å². The van der Waals surface area contributed by atoms with E-state index in [1.165, 1.54) is 0 Å². The van der Waals surface area contributed by atoms with E-state index in [1.807, 2.05) is 73.6 Å². The number of hydrogen-bond donors (Lipinski definition) is 2. The summed E-state index contributed by atoms with van der Waals surface area (Å²) in [6.45, 7) is 0.457. The summed E-state index contributed by atoms with van der Waals surface area (Å²) in [5.41, 5.74) is 3.32. The molecule has 3 aromatic rings. The number of anilines is 3. The number of rotatable bonds is 6. The Hall–Kier alpha value is -3.41. The molecule has 0 aliphatic heterocycles. The topological polar surface area (TPSA) is 70.2 Å². The van der Waals surface area contributed by atoms with Crippen molar-refractivity contribution in [2.24, 2.45) is 0 Å². The molecule has 6 nitrogen and oxygen atoms in total. The fourth-order valence-electron chi connectivity index (χ4n) is 2.39. The summed E-state index contributed by atoms with van der Waals surface area (Å²) in [5.74, 6) is 0.150. The monoisotopic (exact) mass is 347 g/mol. The molecule has 0 spiro atoms. The summed E-state index contributed by atoms with van der Waals surface area (Å²) in [5, 5.41) is 5.98. The third-order valence-electron chi connectivity index (χ3n) is 3.82. The van der Waals surface area contributed by atoms with E-state index >= 15 is 0 Å². The van der Waals surface area contributed by atoms with E-state index in [2.05, 4.69) is 20.6 Å². The highest BCUT2D eigenvalue weighted by Gasteiger charge is 2.09. The van der Waals surface area contributed by atoms with Crippen molar-refractivity contribution < 1.29 is 4.79 Å². The molecule has 1 amide bonds. The SMILES string of the molecule is CN(C)c1ccc(Nc2nccc(C(=O)NCc3ccccc3)n2)cc1. The molecule has 26 heavy (non-hydrogen) atoms. The Labute approximate surface area is 152 Å². The lowest BCUT2D eigenvalue weighted by molar-refractivity contribution is 0.0946. The Balaban J connectivity index is 1.64. The summed E-state index contributed by atoms with van der Waals surface area (Å²) in [6, 6.07) is 19.2. The fraction of sp³-hybridized carbons (Fsp3) is 0.150. The lowest BCUT2D eigenvalue weighted by Crippen LogP contribution is -2.24. The molecule has 6 heteroatoms. The predicted octanol–water partition coefficient (Wildman–Crippen LogP) is 3.22. The van der Waals surface area contributed by atoms with E-state index in [4.69, 9.17) is 0 Å². The van der Waals surface area contributed by atoms with Gasteiger partial charge in [-0.05, 0) is 35.9 Å². The normalized spacial score (nSPS) is 10.2. The second-order valence-electron chi connectivity index (χ2n) is 6.00. The lowest BCUT2D eigenvalue weighted by atomic mass is 10.2. The first-order valence-corrected chi connectivity index (χ1v) is 8.31. The first-order valence-electron chi connectivity index (χ1n) is 8.31. The van der Waals surface area contributed by atoms with Crippen LogP contribution in [0.25, 0.3) is 0 Å². The molecule has 0 fully saturated rings. The molecule has 1 heterocycles. The standard InChI is InChI=1S/C20H21N5O/c1-25(2)17-10-8-16(9-11-17)23-20-21-13-12-18(24-20)19(26)22-14-15-6-4-3-5-7-15/h3-13H,14H2,1-2H3,(H,22,26)(H,21,23,24). The predicted molar refractivity (Wildman–Crippen MR) is 104 cm³/mol. The molecule has 0 bridgehead atoms. The molecular weight excluding hydrogens is 326 g/mol. The first-order chi connectivity index (χ1) is 12.6. The van der Waals surface area contributed by atoms with Gasteiger partial charge < -0.3 is 15.5 Å². The minimum atomic E-state index is -0.234. The molecule has 0 atom stereocenters. The maximum absolute atomic E-state index is 12.3. The Morgan fingerprint density at radius 3 is 2.42 bits per heavy atom. The number of carbonyl (C=O) groups is 1. The minimum Gasteiger partial charge on any atom is -0.378 e. The van der Waals surface area contributed by atoms with Crippen molar-refractivity contribution in [1.82, 2.24) is 15.3 Å². The van der Waals surface area contributed by atoms with Crippen molar-refractivity contribution in [3.05, 3.63) is 78.1 Å². The molecule has 0 saturated carbocycles. The van der Waals surface area contributed by atoms with E-state index in [-0.39, 0.29) is 5.91 Å². The molecule has 132 valence electrons.